The molecule has 10 nitrogen and oxygen atoms in total. The second kappa shape index (κ2) is 6.00. The largest absolute Gasteiger partial charge is 0.465 e. The first-order chi connectivity index (χ1) is 10.4. The molecule has 1 aliphatic rings. The Hall–Kier alpha value is -2.65. The van der Waals surface area contributed by atoms with Crippen LogP contribution in [0.15, 0.2) is 0 Å². The van der Waals surface area contributed by atoms with E-state index in [0.717, 1.165) is 6.42 Å². The van der Waals surface area contributed by atoms with Crippen LogP contribution in [0.1, 0.15) is 35.9 Å². The summed E-state index contributed by atoms with van der Waals surface area (Å²) in [4.78, 5) is 34.3. The smallest absolute Gasteiger partial charge is 0.407 e. The Morgan fingerprint density at radius 1 is 1.55 bits per heavy atom. The standard InChI is InChI=1S/C12H17N5O5/c1-2-8-10(17(21)22)9(11(13)18)14-16(8)6-7-4-3-5-15(7)12(19)20/h7H,2-6H2,1H3,(H2,13,18)(H,19,20)/t7-/m0/s1. The molecule has 1 saturated heterocycles. The van der Waals surface area contributed by atoms with Crippen molar-refractivity contribution in [2.24, 2.45) is 5.73 Å². The highest BCUT2D eigenvalue weighted by atomic mass is 16.6. The van der Waals surface area contributed by atoms with E-state index in [0.29, 0.717) is 13.0 Å². The molecule has 0 unspecified atom stereocenters. The summed E-state index contributed by atoms with van der Waals surface area (Å²) in [5.74, 6) is -0.971. The van der Waals surface area contributed by atoms with E-state index < -0.39 is 22.6 Å². The van der Waals surface area contributed by atoms with Gasteiger partial charge in [0.15, 0.2) is 0 Å². The molecule has 0 aliphatic carbocycles. The second-order valence-electron chi connectivity index (χ2n) is 5.07. The van der Waals surface area contributed by atoms with E-state index in [2.05, 4.69) is 5.10 Å². The number of nitro groups is 1. The van der Waals surface area contributed by atoms with Gasteiger partial charge in [0.1, 0.15) is 5.69 Å². The summed E-state index contributed by atoms with van der Waals surface area (Å²) in [5, 5.41) is 24.2. The van der Waals surface area contributed by atoms with Crippen LogP contribution in [0.4, 0.5) is 10.5 Å². The van der Waals surface area contributed by atoms with Gasteiger partial charge in [-0.25, -0.2) is 4.79 Å². The predicted molar refractivity (Wildman–Crippen MR) is 74.5 cm³/mol. The lowest BCUT2D eigenvalue weighted by Gasteiger charge is -2.21. The van der Waals surface area contributed by atoms with Crippen LogP contribution < -0.4 is 5.73 Å². The van der Waals surface area contributed by atoms with Gasteiger partial charge in [0.05, 0.1) is 17.5 Å². The van der Waals surface area contributed by atoms with Crippen LogP contribution >= 0.6 is 0 Å². The highest BCUT2D eigenvalue weighted by molar-refractivity contribution is 5.95. The average Bonchev–Trinajstić information content (AvgIpc) is 3.03. The Morgan fingerprint density at radius 3 is 2.73 bits per heavy atom. The number of hydrogen-bond acceptors (Lipinski definition) is 5. The van der Waals surface area contributed by atoms with Crippen molar-refractivity contribution < 1.29 is 19.6 Å². The van der Waals surface area contributed by atoms with Crippen LogP contribution in [-0.4, -0.2) is 49.3 Å². The first-order valence-electron chi connectivity index (χ1n) is 6.90. The number of carboxylic acid groups (broad SMARTS) is 1. The number of amides is 2. The zero-order valence-electron chi connectivity index (χ0n) is 12.1. The summed E-state index contributed by atoms with van der Waals surface area (Å²) < 4.78 is 1.34. The van der Waals surface area contributed by atoms with Crippen molar-refractivity contribution in [2.45, 2.75) is 38.8 Å². The minimum atomic E-state index is -1.03. The predicted octanol–water partition coefficient (Wildman–Crippen LogP) is 0.595. The summed E-state index contributed by atoms with van der Waals surface area (Å²) >= 11 is 0. The third-order valence-electron chi connectivity index (χ3n) is 3.79. The van der Waals surface area contributed by atoms with Crippen molar-refractivity contribution in [1.82, 2.24) is 14.7 Å². The Morgan fingerprint density at radius 2 is 2.23 bits per heavy atom. The fourth-order valence-electron chi connectivity index (χ4n) is 2.82. The second-order valence-corrected chi connectivity index (χ2v) is 5.07. The molecular weight excluding hydrogens is 294 g/mol. The Bertz CT molecular complexity index is 626. The van der Waals surface area contributed by atoms with Crippen LogP contribution in [0.2, 0.25) is 0 Å². The number of primary amides is 1. The molecular formula is C12H17N5O5. The Balaban J connectivity index is 2.39. The molecule has 120 valence electrons. The van der Waals surface area contributed by atoms with E-state index in [4.69, 9.17) is 10.8 Å². The Labute approximate surface area is 125 Å². The van der Waals surface area contributed by atoms with Gasteiger partial charge in [0.2, 0.25) is 5.69 Å². The summed E-state index contributed by atoms with van der Waals surface area (Å²) in [6, 6.07) is -0.317. The molecule has 10 heteroatoms. The number of nitrogens with two attached hydrogens (primary N) is 1. The molecule has 0 radical (unpaired) electrons. The summed E-state index contributed by atoms with van der Waals surface area (Å²) in [6.45, 7) is 2.30. The monoisotopic (exact) mass is 311 g/mol. The molecule has 0 spiro atoms. The average molecular weight is 311 g/mol. The van der Waals surface area contributed by atoms with E-state index in [-0.39, 0.29) is 30.4 Å². The van der Waals surface area contributed by atoms with Gasteiger partial charge in [0, 0.05) is 6.54 Å². The van der Waals surface area contributed by atoms with Crippen LogP contribution in [0.5, 0.6) is 0 Å². The van der Waals surface area contributed by atoms with E-state index in [1.807, 2.05) is 0 Å². The molecule has 22 heavy (non-hydrogen) atoms. The van der Waals surface area contributed by atoms with E-state index in [9.17, 15) is 19.7 Å². The third kappa shape index (κ3) is 2.71. The van der Waals surface area contributed by atoms with E-state index in [1.165, 1.54) is 9.58 Å². The summed E-state index contributed by atoms with van der Waals surface area (Å²) in [6.07, 6.45) is 0.632. The van der Waals surface area contributed by atoms with Gasteiger partial charge in [-0.15, -0.1) is 0 Å². The molecule has 1 atom stereocenters. The topological polar surface area (TPSA) is 145 Å². The number of likely N-dealkylation sites (tertiary alicyclic amines) is 1. The van der Waals surface area contributed by atoms with Crippen molar-refractivity contribution >= 4 is 17.7 Å². The minimum absolute atomic E-state index is 0.170. The first-order valence-corrected chi connectivity index (χ1v) is 6.90. The molecule has 2 heterocycles. The fourth-order valence-corrected chi connectivity index (χ4v) is 2.82. The molecule has 0 aromatic carbocycles. The molecule has 2 rings (SSSR count). The lowest BCUT2D eigenvalue weighted by atomic mass is 10.2. The van der Waals surface area contributed by atoms with Crippen molar-refractivity contribution in [3.8, 4) is 0 Å². The highest BCUT2D eigenvalue weighted by Gasteiger charge is 2.34. The van der Waals surface area contributed by atoms with E-state index in [1.54, 1.807) is 6.92 Å². The number of carbonyl (C=O) groups excluding carboxylic acids is 1. The molecule has 1 fully saturated rings. The van der Waals surface area contributed by atoms with Gasteiger partial charge in [-0.05, 0) is 19.3 Å². The zero-order chi connectivity index (χ0) is 16.4. The van der Waals surface area contributed by atoms with Crippen molar-refractivity contribution in [2.75, 3.05) is 6.54 Å². The molecule has 3 N–H and O–H groups in total. The fraction of sp³-hybridized carbons (Fsp3) is 0.583. The summed E-state index contributed by atoms with van der Waals surface area (Å²) in [7, 11) is 0. The normalized spacial score (nSPS) is 17.7. The number of carbonyl (C=O) groups is 2. The van der Waals surface area contributed by atoms with E-state index >= 15 is 0 Å². The number of rotatable bonds is 5. The molecule has 0 saturated carbocycles. The summed E-state index contributed by atoms with van der Waals surface area (Å²) in [5.41, 5.74) is 4.64. The highest BCUT2D eigenvalue weighted by Crippen LogP contribution is 2.26. The lowest BCUT2D eigenvalue weighted by molar-refractivity contribution is -0.385. The quantitative estimate of drug-likeness (QED) is 0.601. The van der Waals surface area contributed by atoms with Crippen molar-refractivity contribution in [3.05, 3.63) is 21.5 Å². The lowest BCUT2D eigenvalue weighted by Crippen LogP contribution is -2.37. The van der Waals surface area contributed by atoms with Crippen LogP contribution in [0.3, 0.4) is 0 Å². The number of aromatic nitrogens is 2. The molecule has 1 aromatic heterocycles. The van der Waals surface area contributed by atoms with Gasteiger partial charge in [-0.1, -0.05) is 6.92 Å². The molecule has 2 amide bonds. The third-order valence-corrected chi connectivity index (χ3v) is 3.79. The van der Waals surface area contributed by atoms with Gasteiger partial charge < -0.3 is 15.7 Å². The maximum Gasteiger partial charge on any atom is 0.407 e. The molecule has 1 aliphatic heterocycles. The van der Waals surface area contributed by atoms with Gasteiger partial charge >= 0.3 is 11.8 Å². The SMILES string of the molecule is CCc1c([N+](=O)[O-])c(C(N)=O)nn1C[C@@H]1CCCN1C(=O)O. The minimum Gasteiger partial charge on any atom is -0.465 e. The van der Waals surface area contributed by atoms with Crippen LogP contribution in [0, 0.1) is 10.1 Å². The van der Waals surface area contributed by atoms with Crippen LogP contribution in [-0.2, 0) is 13.0 Å². The number of hydrogen-bond donors (Lipinski definition) is 2. The molecule has 1 aromatic rings. The van der Waals surface area contributed by atoms with Gasteiger partial charge in [0.25, 0.3) is 5.91 Å². The van der Waals surface area contributed by atoms with Crippen LogP contribution in [0.25, 0.3) is 0 Å². The number of nitrogens with zero attached hydrogens (tertiary/aromatic N) is 4. The first kappa shape index (κ1) is 15.7. The van der Waals surface area contributed by atoms with Gasteiger partial charge in [-0.2, -0.15) is 5.10 Å². The maximum absolute atomic E-state index is 11.4. The van der Waals surface area contributed by atoms with Gasteiger partial charge in [-0.3, -0.25) is 19.6 Å². The Kier molecular flexibility index (Phi) is 4.29. The maximum atomic E-state index is 11.4. The zero-order valence-corrected chi connectivity index (χ0v) is 12.1. The molecule has 0 bridgehead atoms. The van der Waals surface area contributed by atoms with Crippen molar-refractivity contribution in [1.29, 1.82) is 0 Å². The van der Waals surface area contributed by atoms with Crippen molar-refractivity contribution in [3.63, 3.8) is 0 Å².